The maximum Gasteiger partial charge on any atom is 0.148 e. The van der Waals surface area contributed by atoms with Crippen molar-refractivity contribution in [3.63, 3.8) is 0 Å². The molecule has 0 saturated carbocycles. The van der Waals surface area contributed by atoms with E-state index in [1.54, 1.807) is 0 Å². The molecule has 0 radical (unpaired) electrons. The Morgan fingerprint density at radius 1 is 1.17 bits per heavy atom. The van der Waals surface area contributed by atoms with Gasteiger partial charge in [-0.1, -0.05) is 0 Å². The van der Waals surface area contributed by atoms with Crippen LogP contribution >= 0.6 is 0 Å². The first-order chi connectivity index (χ1) is 8.66. The van der Waals surface area contributed by atoms with E-state index >= 15 is 0 Å². The standard InChI is InChI=1S/C13H19N5/c1-9-6-7-13(18-15-9)14-8-4-5-12-10(2)16-17-11(12)3/h6-7H,4-5,8H2,1-3H3,(H,14,18)(H,16,17). The fourth-order valence-corrected chi connectivity index (χ4v) is 1.92. The van der Waals surface area contributed by atoms with E-state index in [9.17, 15) is 0 Å². The van der Waals surface area contributed by atoms with Crippen molar-refractivity contribution in [3.05, 3.63) is 34.8 Å². The van der Waals surface area contributed by atoms with Crippen LogP contribution in [0.1, 0.15) is 29.1 Å². The van der Waals surface area contributed by atoms with Crippen LogP contribution in [0.4, 0.5) is 5.82 Å². The number of H-pyrrole nitrogens is 1. The summed E-state index contributed by atoms with van der Waals surface area (Å²) in [7, 11) is 0. The molecule has 5 nitrogen and oxygen atoms in total. The molecule has 0 aromatic carbocycles. The molecule has 5 heteroatoms. The number of rotatable bonds is 5. The van der Waals surface area contributed by atoms with Gasteiger partial charge in [0.15, 0.2) is 0 Å². The normalized spacial score (nSPS) is 10.6. The van der Waals surface area contributed by atoms with E-state index < -0.39 is 0 Å². The van der Waals surface area contributed by atoms with Crippen molar-refractivity contribution in [2.45, 2.75) is 33.6 Å². The molecule has 0 aliphatic carbocycles. The monoisotopic (exact) mass is 245 g/mol. The SMILES string of the molecule is Cc1ccc(NCCCc2c(C)n[nH]c2C)nn1. The van der Waals surface area contributed by atoms with Crippen molar-refractivity contribution in [3.8, 4) is 0 Å². The number of nitrogens with zero attached hydrogens (tertiary/aromatic N) is 3. The van der Waals surface area contributed by atoms with Crippen LogP contribution in [-0.2, 0) is 6.42 Å². The van der Waals surface area contributed by atoms with Crippen molar-refractivity contribution >= 4 is 5.82 Å². The quantitative estimate of drug-likeness (QED) is 0.792. The third-order valence-corrected chi connectivity index (χ3v) is 2.99. The summed E-state index contributed by atoms with van der Waals surface area (Å²) in [5.74, 6) is 0.834. The van der Waals surface area contributed by atoms with E-state index in [1.165, 1.54) is 11.3 Å². The molecule has 0 spiro atoms. The third kappa shape index (κ3) is 3.06. The number of hydrogen-bond acceptors (Lipinski definition) is 4. The summed E-state index contributed by atoms with van der Waals surface area (Å²) in [5.41, 5.74) is 4.53. The average molecular weight is 245 g/mol. The molecule has 96 valence electrons. The molecular weight excluding hydrogens is 226 g/mol. The van der Waals surface area contributed by atoms with Crippen LogP contribution in [0.25, 0.3) is 0 Å². The van der Waals surface area contributed by atoms with E-state index in [0.29, 0.717) is 0 Å². The summed E-state index contributed by atoms with van der Waals surface area (Å²) >= 11 is 0. The molecule has 0 fully saturated rings. The summed E-state index contributed by atoms with van der Waals surface area (Å²) < 4.78 is 0. The molecule has 2 aromatic heterocycles. The smallest absolute Gasteiger partial charge is 0.148 e. The van der Waals surface area contributed by atoms with Crippen LogP contribution in [0, 0.1) is 20.8 Å². The number of aromatic nitrogens is 4. The Morgan fingerprint density at radius 2 is 2.00 bits per heavy atom. The molecule has 0 aliphatic rings. The first kappa shape index (κ1) is 12.5. The van der Waals surface area contributed by atoms with Crippen LogP contribution in [-0.4, -0.2) is 26.9 Å². The summed E-state index contributed by atoms with van der Waals surface area (Å²) in [6.07, 6.45) is 2.08. The minimum atomic E-state index is 0.834. The van der Waals surface area contributed by atoms with Gasteiger partial charge in [-0.25, -0.2) is 0 Å². The van der Waals surface area contributed by atoms with Crippen molar-refractivity contribution in [2.75, 3.05) is 11.9 Å². The van der Waals surface area contributed by atoms with E-state index in [4.69, 9.17) is 0 Å². The molecule has 0 unspecified atom stereocenters. The van der Waals surface area contributed by atoms with Gasteiger partial charge in [-0.2, -0.15) is 10.2 Å². The maximum atomic E-state index is 4.20. The highest BCUT2D eigenvalue weighted by atomic mass is 15.2. The molecule has 0 bridgehead atoms. The van der Waals surface area contributed by atoms with Gasteiger partial charge in [-0.3, -0.25) is 5.10 Å². The van der Waals surface area contributed by atoms with Gasteiger partial charge in [0.25, 0.3) is 0 Å². The molecule has 0 saturated heterocycles. The Bertz CT molecular complexity index is 481. The molecule has 2 rings (SSSR count). The summed E-state index contributed by atoms with van der Waals surface area (Å²) in [5, 5.41) is 18.5. The topological polar surface area (TPSA) is 66.5 Å². The van der Waals surface area contributed by atoms with Crippen LogP contribution in [0.15, 0.2) is 12.1 Å². The van der Waals surface area contributed by atoms with Crippen molar-refractivity contribution in [1.82, 2.24) is 20.4 Å². The third-order valence-electron chi connectivity index (χ3n) is 2.99. The zero-order valence-corrected chi connectivity index (χ0v) is 11.1. The van der Waals surface area contributed by atoms with E-state index in [2.05, 4.69) is 32.6 Å². The van der Waals surface area contributed by atoms with Gasteiger partial charge in [0.1, 0.15) is 5.82 Å². The van der Waals surface area contributed by atoms with Crippen molar-refractivity contribution in [1.29, 1.82) is 0 Å². The first-order valence-corrected chi connectivity index (χ1v) is 6.21. The Balaban J connectivity index is 1.78. The average Bonchev–Trinajstić information content (AvgIpc) is 2.68. The Hall–Kier alpha value is -1.91. The number of aromatic amines is 1. The lowest BCUT2D eigenvalue weighted by atomic mass is 10.1. The van der Waals surface area contributed by atoms with Gasteiger partial charge >= 0.3 is 0 Å². The highest BCUT2D eigenvalue weighted by Crippen LogP contribution is 2.11. The maximum absolute atomic E-state index is 4.20. The van der Waals surface area contributed by atoms with Gasteiger partial charge in [-0.05, 0) is 51.3 Å². The predicted octanol–water partition coefficient (Wildman–Crippen LogP) is 2.17. The lowest BCUT2D eigenvalue weighted by Crippen LogP contribution is -2.06. The molecule has 18 heavy (non-hydrogen) atoms. The van der Waals surface area contributed by atoms with Crippen LogP contribution < -0.4 is 5.32 Å². The van der Waals surface area contributed by atoms with Crippen LogP contribution in [0.3, 0.4) is 0 Å². The summed E-state index contributed by atoms with van der Waals surface area (Å²) in [6.45, 7) is 6.93. The van der Waals surface area contributed by atoms with E-state index in [1.807, 2.05) is 26.0 Å². The Kier molecular flexibility index (Phi) is 3.92. The lowest BCUT2D eigenvalue weighted by molar-refractivity contribution is 0.841. The van der Waals surface area contributed by atoms with Gasteiger partial charge in [0.05, 0.1) is 11.4 Å². The second kappa shape index (κ2) is 5.62. The van der Waals surface area contributed by atoms with E-state index in [-0.39, 0.29) is 0 Å². The second-order valence-corrected chi connectivity index (χ2v) is 4.50. The van der Waals surface area contributed by atoms with Crippen molar-refractivity contribution in [2.24, 2.45) is 0 Å². The minimum absolute atomic E-state index is 0.834. The number of aryl methyl sites for hydroxylation is 3. The second-order valence-electron chi connectivity index (χ2n) is 4.50. The van der Waals surface area contributed by atoms with Gasteiger partial charge in [-0.15, -0.1) is 5.10 Å². The zero-order chi connectivity index (χ0) is 13.0. The summed E-state index contributed by atoms with van der Waals surface area (Å²) in [6, 6.07) is 3.91. The largest absolute Gasteiger partial charge is 0.369 e. The molecule has 2 aromatic rings. The minimum Gasteiger partial charge on any atom is -0.369 e. The van der Waals surface area contributed by atoms with Gasteiger partial charge in [0, 0.05) is 12.2 Å². The van der Waals surface area contributed by atoms with Gasteiger partial charge < -0.3 is 5.32 Å². The molecule has 2 N–H and O–H groups in total. The van der Waals surface area contributed by atoms with Crippen LogP contribution in [0.2, 0.25) is 0 Å². The van der Waals surface area contributed by atoms with E-state index in [0.717, 1.165) is 36.6 Å². The molecule has 0 amide bonds. The van der Waals surface area contributed by atoms with Gasteiger partial charge in [0.2, 0.25) is 0 Å². The number of hydrogen-bond donors (Lipinski definition) is 2. The Labute approximate surface area is 107 Å². The summed E-state index contributed by atoms with van der Waals surface area (Å²) in [4.78, 5) is 0. The van der Waals surface area contributed by atoms with Crippen molar-refractivity contribution < 1.29 is 0 Å². The number of anilines is 1. The molecule has 2 heterocycles. The predicted molar refractivity (Wildman–Crippen MR) is 71.6 cm³/mol. The highest BCUT2D eigenvalue weighted by molar-refractivity contribution is 5.32. The fourth-order valence-electron chi connectivity index (χ4n) is 1.92. The zero-order valence-electron chi connectivity index (χ0n) is 11.1. The van der Waals surface area contributed by atoms with Crippen LogP contribution in [0.5, 0.6) is 0 Å². The molecule has 0 atom stereocenters. The molecular formula is C13H19N5. The first-order valence-electron chi connectivity index (χ1n) is 6.21. The highest BCUT2D eigenvalue weighted by Gasteiger charge is 2.05. The molecule has 0 aliphatic heterocycles. The lowest BCUT2D eigenvalue weighted by Gasteiger charge is -2.05. The fraction of sp³-hybridized carbons (Fsp3) is 0.462. The Morgan fingerprint density at radius 3 is 2.61 bits per heavy atom. The number of nitrogens with one attached hydrogen (secondary N) is 2.